The number of aromatic nitrogens is 3. The lowest BCUT2D eigenvalue weighted by molar-refractivity contribution is 0.0798. The molecule has 0 spiro atoms. The van der Waals surface area contributed by atoms with Crippen LogP contribution in [-0.4, -0.2) is 52.3 Å². The number of hydrogen-bond acceptors (Lipinski definition) is 7. The van der Waals surface area contributed by atoms with Gasteiger partial charge in [0.25, 0.3) is 0 Å². The molecule has 0 aromatic carbocycles. The van der Waals surface area contributed by atoms with Gasteiger partial charge in [-0.3, -0.25) is 4.90 Å². The molecule has 2 aromatic heterocycles. The summed E-state index contributed by atoms with van der Waals surface area (Å²) in [5, 5.41) is 0. The lowest BCUT2D eigenvalue weighted by Gasteiger charge is -2.32. The zero-order valence-electron chi connectivity index (χ0n) is 16.2. The van der Waals surface area contributed by atoms with Crippen molar-refractivity contribution in [3.05, 3.63) is 33.2 Å². The van der Waals surface area contributed by atoms with Gasteiger partial charge in [-0.05, 0) is 26.3 Å². The molecule has 7 heteroatoms. The van der Waals surface area contributed by atoms with Gasteiger partial charge in [-0.1, -0.05) is 6.92 Å². The zero-order valence-corrected chi connectivity index (χ0v) is 17.1. The first-order valence-corrected chi connectivity index (χ1v) is 10.8. The fraction of sp³-hybridized carbons (Fsp3) is 0.650. The molecule has 2 aromatic rings. The van der Waals surface area contributed by atoms with E-state index in [9.17, 15) is 0 Å². The minimum absolute atomic E-state index is 0.180. The van der Waals surface area contributed by atoms with E-state index in [0.717, 1.165) is 93.6 Å². The van der Waals surface area contributed by atoms with Gasteiger partial charge in [-0.25, -0.2) is 9.97 Å². The normalized spacial score (nSPS) is 20.9. The number of aryl methyl sites for hydroxylation is 2. The summed E-state index contributed by atoms with van der Waals surface area (Å²) >= 11 is 1.75. The summed E-state index contributed by atoms with van der Waals surface area (Å²) in [6.45, 7) is 8.66. The van der Waals surface area contributed by atoms with Gasteiger partial charge in [-0.2, -0.15) is 4.98 Å². The Balaban J connectivity index is 1.49. The largest absolute Gasteiger partial charge is 0.473 e. The van der Waals surface area contributed by atoms with Gasteiger partial charge in [0, 0.05) is 42.8 Å². The highest BCUT2D eigenvalue weighted by atomic mass is 32.1. The van der Waals surface area contributed by atoms with Crippen molar-refractivity contribution >= 4 is 11.3 Å². The molecule has 1 saturated heterocycles. The van der Waals surface area contributed by atoms with Crippen LogP contribution in [0, 0.1) is 6.92 Å². The molecule has 0 aliphatic carbocycles. The molecule has 1 atom stereocenters. The SMILES string of the molecule is CCc1nc2c(c(OC3CCCN(Cc4scnc4C)C3)n1)CCOCC2. The highest BCUT2D eigenvalue weighted by Gasteiger charge is 2.25. The first-order chi connectivity index (χ1) is 13.2. The van der Waals surface area contributed by atoms with E-state index in [1.54, 1.807) is 11.3 Å². The molecule has 0 amide bonds. The summed E-state index contributed by atoms with van der Waals surface area (Å²) in [6.07, 6.45) is 4.92. The molecule has 4 rings (SSSR count). The zero-order chi connectivity index (χ0) is 18.6. The molecule has 4 heterocycles. The molecule has 0 bridgehead atoms. The van der Waals surface area contributed by atoms with E-state index in [4.69, 9.17) is 19.4 Å². The highest BCUT2D eigenvalue weighted by Crippen LogP contribution is 2.27. The topological polar surface area (TPSA) is 60.4 Å². The van der Waals surface area contributed by atoms with Crippen molar-refractivity contribution in [3.8, 4) is 5.88 Å². The molecule has 0 N–H and O–H groups in total. The molecule has 6 nitrogen and oxygen atoms in total. The Morgan fingerprint density at radius 2 is 2.19 bits per heavy atom. The number of piperidine rings is 1. The third kappa shape index (κ3) is 4.47. The first-order valence-electron chi connectivity index (χ1n) is 9.97. The molecular formula is C20H28N4O2S. The Bertz CT molecular complexity index is 779. The summed E-state index contributed by atoms with van der Waals surface area (Å²) in [4.78, 5) is 17.7. The first kappa shape index (κ1) is 18.8. The fourth-order valence-corrected chi connectivity index (χ4v) is 4.63. The number of fused-ring (bicyclic) bond motifs is 1. The second kappa shape index (κ2) is 8.63. The van der Waals surface area contributed by atoms with E-state index >= 15 is 0 Å². The van der Waals surface area contributed by atoms with Crippen LogP contribution in [0.4, 0.5) is 0 Å². The van der Waals surface area contributed by atoms with Gasteiger partial charge in [-0.15, -0.1) is 11.3 Å². The van der Waals surface area contributed by atoms with Crippen molar-refractivity contribution in [1.29, 1.82) is 0 Å². The minimum Gasteiger partial charge on any atom is -0.473 e. The molecule has 1 unspecified atom stereocenters. The Labute approximate surface area is 165 Å². The van der Waals surface area contributed by atoms with Gasteiger partial charge in [0.15, 0.2) is 0 Å². The van der Waals surface area contributed by atoms with Crippen molar-refractivity contribution < 1.29 is 9.47 Å². The summed E-state index contributed by atoms with van der Waals surface area (Å²) in [5.74, 6) is 1.67. The van der Waals surface area contributed by atoms with Crippen LogP contribution in [0.5, 0.6) is 5.88 Å². The Hall–Kier alpha value is -1.57. The van der Waals surface area contributed by atoms with Crippen LogP contribution in [0.25, 0.3) is 0 Å². The highest BCUT2D eigenvalue weighted by molar-refractivity contribution is 7.09. The van der Waals surface area contributed by atoms with E-state index in [0.29, 0.717) is 0 Å². The van der Waals surface area contributed by atoms with E-state index in [1.807, 2.05) is 5.51 Å². The number of rotatable bonds is 5. The number of ether oxygens (including phenoxy) is 2. The molecule has 2 aliphatic rings. The van der Waals surface area contributed by atoms with Crippen LogP contribution in [0.1, 0.15) is 47.4 Å². The quantitative estimate of drug-likeness (QED) is 0.785. The average molecular weight is 389 g/mol. The van der Waals surface area contributed by atoms with Crippen LogP contribution in [0.3, 0.4) is 0 Å². The van der Waals surface area contributed by atoms with Gasteiger partial charge in [0.05, 0.1) is 30.1 Å². The Kier molecular flexibility index (Phi) is 6.00. The van der Waals surface area contributed by atoms with E-state index < -0.39 is 0 Å². The number of thiazole rings is 1. The van der Waals surface area contributed by atoms with Gasteiger partial charge < -0.3 is 9.47 Å². The van der Waals surface area contributed by atoms with Gasteiger partial charge >= 0.3 is 0 Å². The summed E-state index contributed by atoms with van der Waals surface area (Å²) in [5.41, 5.74) is 5.35. The summed E-state index contributed by atoms with van der Waals surface area (Å²) in [6, 6.07) is 0. The molecule has 0 saturated carbocycles. The lowest BCUT2D eigenvalue weighted by atomic mass is 10.1. The summed E-state index contributed by atoms with van der Waals surface area (Å²) in [7, 11) is 0. The second-order valence-corrected chi connectivity index (χ2v) is 8.25. The standard InChI is InChI=1S/C20H28N4O2S/c1-3-19-22-17-7-10-25-9-6-16(17)20(23-19)26-15-5-4-8-24(11-15)12-18-14(2)21-13-27-18/h13,15H,3-12H2,1-2H3. The van der Waals surface area contributed by atoms with Crippen LogP contribution in [0.15, 0.2) is 5.51 Å². The van der Waals surface area contributed by atoms with Crippen LogP contribution in [0.2, 0.25) is 0 Å². The van der Waals surface area contributed by atoms with Crippen molar-refractivity contribution in [2.24, 2.45) is 0 Å². The molecule has 146 valence electrons. The van der Waals surface area contributed by atoms with E-state index in [1.165, 1.54) is 4.88 Å². The maximum atomic E-state index is 6.47. The van der Waals surface area contributed by atoms with Crippen molar-refractivity contribution in [1.82, 2.24) is 19.9 Å². The predicted molar refractivity (Wildman–Crippen MR) is 105 cm³/mol. The Morgan fingerprint density at radius 3 is 3.00 bits per heavy atom. The Morgan fingerprint density at radius 1 is 1.30 bits per heavy atom. The molecular weight excluding hydrogens is 360 g/mol. The number of nitrogens with zero attached hydrogens (tertiary/aromatic N) is 4. The van der Waals surface area contributed by atoms with Crippen LogP contribution in [-0.2, 0) is 30.5 Å². The maximum Gasteiger partial charge on any atom is 0.220 e. The van der Waals surface area contributed by atoms with Crippen molar-refractivity contribution in [2.75, 3.05) is 26.3 Å². The average Bonchev–Trinajstić information content (AvgIpc) is 2.93. The number of likely N-dealkylation sites (tertiary alicyclic amines) is 1. The van der Waals surface area contributed by atoms with E-state index in [-0.39, 0.29) is 6.10 Å². The van der Waals surface area contributed by atoms with Gasteiger partial charge in [0.1, 0.15) is 11.9 Å². The number of hydrogen-bond donors (Lipinski definition) is 0. The van der Waals surface area contributed by atoms with Crippen LogP contribution < -0.4 is 4.74 Å². The van der Waals surface area contributed by atoms with Gasteiger partial charge in [0.2, 0.25) is 5.88 Å². The smallest absolute Gasteiger partial charge is 0.220 e. The predicted octanol–water partition coefficient (Wildman–Crippen LogP) is 2.96. The summed E-state index contributed by atoms with van der Waals surface area (Å²) < 4.78 is 12.1. The minimum atomic E-state index is 0.180. The molecule has 0 radical (unpaired) electrons. The van der Waals surface area contributed by atoms with E-state index in [2.05, 4.69) is 23.7 Å². The lowest BCUT2D eigenvalue weighted by Crippen LogP contribution is -2.41. The van der Waals surface area contributed by atoms with Crippen molar-refractivity contribution in [3.63, 3.8) is 0 Å². The molecule has 27 heavy (non-hydrogen) atoms. The second-order valence-electron chi connectivity index (χ2n) is 7.31. The molecule has 2 aliphatic heterocycles. The van der Waals surface area contributed by atoms with Crippen LogP contribution >= 0.6 is 11.3 Å². The fourth-order valence-electron chi connectivity index (χ4n) is 3.81. The third-order valence-electron chi connectivity index (χ3n) is 5.35. The molecule has 1 fully saturated rings. The van der Waals surface area contributed by atoms with Crippen molar-refractivity contribution in [2.45, 2.75) is 58.6 Å². The monoisotopic (exact) mass is 388 g/mol. The third-order valence-corrected chi connectivity index (χ3v) is 6.27. The maximum absolute atomic E-state index is 6.47.